The van der Waals surface area contributed by atoms with Gasteiger partial charge in [-0.05, 0) is 19.9 Å². The smallest absolute Gasteiger partial charge is 0.303 e. The van der Waals surface area contributed by atoms with Crippen molar-refractivity contribution in [2.24, 2.45) is 0 Å². The van der Waals surface area contributed by atoms with Crippen molar-refractivity contribution in [1.82, 2.24) is 4.90 Å². The van der Waals surface area contributed by atoms with Crippen LogP contribution in [-0.4, -0.2) is 40.9 Å². The van der Waals surface area contributed by atoms with Gasteiger partial charge in [-0.3, -0.25) is 4.52 Å². The summed E-state index contributed by atoms with van der Waals surface area (Å²) in [4.78, 5) is 18.8. The summed E-state index contributed by atoms with van der Waals surface area (Å²) in [5.41, 5.74) is 0. The third kappa shape index (κ3) is 4.18. The number of phosphoric ester groups is 1. The summed E-state index contributed by atoms with van der Waals surface area (Å²) in [5, 5.41) is 0. The highest BCUT2D eigenvalue weighted by Gasteiger charge is 2.26. The molecule has 1 aliphatic carbocycles. The quantitative estimate of drug-likeness (QED) is 0.613. The number of hydrogen-bond donors (Lipinski definition) is 2. The van der Waals surface area contributed by atoms with E-state index in [-0.39, 0.29) is 6.61 Å². The van der Waals surface area contributed by atoms with Crippen LogP contribution in [0.1, 0.15) is 12.8 Å². The van der Waals surface area contributed by atoms with E-state index in [4.69, 9.17) is 9.79 Å². The molecule has 0 atom stereocenters. The molecule has 1 aliphatic rings. The van der Waals surface area contributed by atoms with E-state index >= 15 is 0 Å². The molecular weight excluding hydrogens is 181 g/mol. The summed E-state index contributed by atoms with van der Waals surface area (Å²) in [6.07, 6.45) is 2.37. The van der Waals surface area contributed by atoms with Gasteiger partial charge >= 0.3 is 7.82 Å². The van der Waals surface area contributed by atoms with E-state index in [1.807, 2.05) is 7.05 Å². The summed E-state index contributed by atoms with van der Waals surface area (Å²) in [6, 6.07) is 0.602. The van der Waals surface area contributed by atoms with E-state index in [2.05, 4.69) is 9.42 Å². The van der Waals surface area contributed by atoms with E-state index in [1.54, 1.807) is 0 Å². The van der Waals surface area contributed by atoms with E-state index in [1.165, 1.54) is 12.8 Å². The summed E-state index contributed by atoms with van der Waals surface area (Å²) < 4.78 is 14.6. The highest BCUT2D eigenvalue weighted by molar-refractivity contribution is 7.46. The summed E-state index contributed by atoms with van der Waals surface area (Å²) >= 11 is 0. The summed E-state index contributed by atoms with van der Waals surface area (Å²) in [6.45, 7) is 0.674. The Hall–Kier alpha value is 0.0700. The zero-order valence-electron chi connectivity index (χ0n) is 7.01. The standard InChI is InChI=1S/C6H14NO4P/c1-7(6-2-3-6)4-5-11-12(8,9)10/h6H,2-5H2,1H3,(H2,8,9,10). The second-order valence-corrected chi connectivity index (χ2v) is 4.27. The molecule has 0 aromatic rings. The van der Waals surface area contributed by atoms with Gasteiger partial charge in [0, 0.05) is 12.6 Å². The topological polar surface area (TPSA) is 70.0 Å². The Bertz CT molecular complexity index is 188. The minimum atomic E-state index is -4.26. The van der Waals surface area contributed by atoms with Gasteiger partial charge in [0.15, 0.2) is 0 Å². The van der Waals surface area contributed by atoms with Gasteiger partial charge in [0.1, 0.15) is 0 Å². The monoisotopic (exact) mass is 195 g/mol. The molecule has 1 saturated carbocycles. The number of hydrogen-bond acceptors (Lipinski definition) is 3. The van der Waals surface area contributed by atoms with Gasteiger partial charge in [-0.25, -0.2) is 4.57 Å². The zero-order chi connectivity index (χ0) is 9.19. The lowest BCUT2D eigenvalue weighted by Gasteiger charge is -2.15. The molecule has 0 aliphatic heterocycles. The van der Waals surface area contributed by atoms with Gasteiger partial charge < -0.3 is 14.7 Å². The largest absolute Gasteiger partial charge is 0.469 e. The minimum Gasteiger partial charge on any atom is -0.303 e. The molecule has 5 nitrogen and oxygen atoms in total. The molecule has 0 heterocycles. The van der Waals surface area contributed by atoms with Crippen molar-refractivity contribution in [1.29, 1.82) is 0 Å². The highest BCUT2D eigenvalue weighted by atomic mass is 31.2. The molecule has 2 N–H and O–H groups in total. The maximum Gasteiger partial charge on any atom is 0.469 e. The van der Waals surface area contributed by atoms with Gasteiger partial charge in [0.25, 0.3) is 0 Å². The molecule has 0 aromatic heterocycles. The van der Waals surface area contributed by atoms with Crippen molar-refractivity contribution >= 4 is 7.82 Å². The van der Waals surface area contributed by atoms with Crippen LogP contribution in [0.5, 0.6) is 0 Å². The van der Waals surface area contributed by atoms with Crippen molar-refractivity contribution in [2.45, 2.75) is 18.9 Å². The Morgan fingerprint density at radius 1 is 1.58 bits per heavy atom. The van der Waals surface area contributed by atoms with Crippen molar-refractivity contribution in [3.8, 4) is 0 Å². The molecule has 0 saturated heterocycles. The van der Waals surface area contributed by atoms with Crippen LogP contribution >= 0.6 is 7.82 Å². The van der Waals surface area contributed by atoms with E-state index in [0.29, 0.717) is 12.6 Å². The van der Waals surface area contributed by atoms with Gasteiger partial charge in [-0.2, -0.15) is 0 Å². The molecule has 12 heavy (non-hydrogen) atoms. The van der Waals surface area contributed by atoms with E-state index < -0.39 is 7.82 Å². The van der Waals surface area contributed by atoms with Gasteiger partial charge in [0.2, 0.25) is 0 Å². The fourth-order valence-corrected chi connectivity index (χ4v) is 1.32. The Morgan fingerprint density at radius 3 is 2.58 bits per heavy atom. The maximum absolute atomic E-state index is 10.3. The number of likely N-dealkylation sites (N-methyl/N-ethyl adjacent to an activating group) is 1. The second kappa shape index (κ2) is 3.85. The van der Waals surface area contributed by atoms with Crippen LogP contribution in [0.25, 0.3) is 0 Å². The Labute approximate surface area is 71.6 Å². The van der Waals surface area contributed by atoms with Crippen LogP contribution in [0.15, 0.2) is 0 Å². The maximum atomic E-state index is 10.3. The molecule has 0 spiro atoms. The van der Waals surface area contributed by atoms with Gasteiger partial charge in [0.05, 0.1) is 6.61 Å². The molecule has 0 radical (unpaired) electrons. The second-order valence-electron chi connectivity index (χ2n) is 3.04. The van der Waals surface area contributed by atoms with E-state index in [0.717, 1.165) is 0 Å². The zero-order valence-corrected chi connectivity index (χ0v) is 7.91. The van der Waals surface area contributed by atoms with Crippen LogP contribution in [0.4, 0.5) is 0 Å². The fourth-order valence-electron chi connectivity index (χ4n) is 1.00. The molecule has 1 fully saturated rings. The highest BCUT2D eigenvalue weighted by Crippen LogP contribution is 2.35. The third-order valence-electron chi connectivity index (χ3n) is 1.87. The van der Waals surface area contributed by atoms with Crippen LogP contribution in [0.3, 0.4) is 0 Å². The lowest BCUT2D eigenvalue weighted by Crippen LogP contribution is -2.24. The number of phosphoric acid groups is 1. The van der Waals surface area contributed by atoms with Gasteiger partial charge in [-0.15, -0.1) is 0 Å². The Kier molecular flexibility index (Phi) is 3.26. The van der Waals surface area contributed by atoms with Crippen LogP contribution in [0.2, 0.25) is 0 Å². The van der Waals surface area contributed by atoms with Crippen molar-refractivity contribution < 1.29 is 18.9 Å². The van der Waals surface area contributed by atoms with E-state index in [9.17, 15) is 4.57 Å². The molecule has 0 aromatic carbocycles. The lowest BCUT2D eigenvalue weighted by molar-refractivity contribution is 0.170. The molecular formula is C6H14NO4P. The number of nitrogens with zero attached hydrogens (tertiary/aromatic N) is 1. The van der Waals surface area contributed by atoms with Crippen molar-refractivity contribution in [3.05, 3.63) is 0 Å². The average Bonchev–Trinajstić information content (AvgIpc) is 2.64. The first-order valence-corrected chi connectivity index (χ1v) is 5.42. The van der Waals surface area contributed by atoms with Crippen LogP contribution in [-0.2, 0) is 9.09 Å². The average molecular weight is 195 g/mol. The molecule has 0 unspecified atom stereocenters. The summed E-state index contributed by atoms with van der Waals surface area (Å²) in [7, 11) is -2.33. The predicted molar refractivity (Wildman–Crippen MR) is 43.6 cm³/mol. The first kappa shape index (κ1) is 10.2. The SMILES string of the molecule is CN(CCOP(=O)(O)O)C1CC1. The third-order valence-corrected chi connectivity index (χ3v) is 2.39. The fraction of sp³-hybridized carbons (Fsp3) is 1.00. The molecule has 72 valence electrons. The molecule has 0 amide bonds. The van der Waals surface area contributed by atoms with Crippen molar-refractivity contribution in [3.63, 3.8) is 0 Å². The summed E-state index contributed by atoms with van der Waals surface area (Å²) in [5.74, 6) is 0. The normalized spacial score (nSPS) is 18.7. The first-order valence-electron chi connectivity index (χ1n) is 3.89. The first-order chi connectivity index (χ1) is 5.49. The van der Waals surface area contributed by atoms with Crippen LogP contribution < -0.4 is 0 Å². The van der Waals surface area contributed by atoms with Crippen LogP contribution in [0, 0.1) is 0 Å². The lowest BCUT2D eigenvalue weighted by atomic mass is 10.5. The Morgan fingerprint density at radius 2 is 2.17 bits per heavy atom. The van der Waals surface area contributed by atoms with Crippen molar-refractivity contribution in [2.75, 3.05) is 20.2 Å². The predicted octanol–water partition coefficient (Wildman–Crippen LogP) is 0.190. The minimum absolute atomic E-state index is 0.0945. The molecule has 6 heteroatoms. The Balaban J connectivity index is 2.05. The molecule has 1 rings (SSSR count). The molecule has 0 bridgehead atoms. The number of rotatable bonds is 5. The van der Waals surface area contributed by atoms with Gasteiger partial charge in [-0.1, -0.05) is 0 Å².